The van der Waals surface area contributed by atoms with Gasteiger partial charge in [0, 0.05) is 6.61 Å². The van der Waals surface area contributed by atoms with E-state index in [0.717, 1.165) is 12.8 Å². The van der Waals surface area contributed by atoms with E-state index in [1.807, 2.05) is 6.92 Å². The van der Waals surface area contributed by atoms with Crippen LogP contribution in [0.15, 0.2) is 0 Å². The van der Waals surface area contributed by atoms with Crippen LogP contribution in [0.25, 0.3) is 0 Å². The van der Waals surface area contributed by atoms with Gasteiger partial charge in [-0.05, 0) is 12.8 Å². The van der Waals surface area contributed by atoms with Crippen molar-refractivity contribution in [2.45, 2.75) is 57.5 Å². The van der Waals surface area contributed by atoms with Crippen molar-refractivity contribution < 1.29 is 25.2 Å². The van der Waals surface area contributed by atoms with E-state index in [1.54, 1.807) is 6.92 Å². The van der Waals surface area contributed by atoms with E-state index in [2.05, 4.69) is 0 Å². The molecule has 0 aliphatic carbocycles. The van der Waals surface area contributed by atoms with Gasteiger partial charge in [-0.3, -0.25) is 0 Å². The highest BCUT2D eigenvalue weighted by Gasteiger charge is 2.29. The van der Waals surface area contributed by atoms with Gasteiger partial charge in [-0.15, -0.1) is 0 Å². The molecule has 0 radical (unpaired) electrons. The Balaban J connectivity index is 3.83. The first kappa shape index (κ1) is 15.8. The standard InChI is InChI=1S/C11H24O5/c1-3-5-6-16-7-9(13)11(15)10(14)8(12)4-2/h8-15H,3-7H2,1-2H3. The summed E-state index contributed by atoms with van der Waals surface area (Å²) < 4.78 is 5.12. The van der Waals surface area contributed by atoms with E-state index in [1.165, 1.54) is 0 Å². The first-order valence-corrected chi connectivity index (χ1v) is 5.84. The van der Waals surface area contributed by atoms with Crippen LogP contribution in [-0.4, -0.2) is 58.1 Å². The van der Waals surface area contributed by atoms with E-state index < -0.39 is 24.4 Å². The van der Waals surface area contributed by atoms with Gasteiger partial charge >= 0.3 is 0 Å². The SMILES string of the molecule is CCCCOCC(O)C(O)C(O)C(O)CC. The molecule has 0 saturated carbocycles. The Kier molecular flexibility index (Phi) is 8.78. The van der Waals surface area contributed by atoms with E-state index in [-0.39, 0.29) is 6.61 Å². The fourth-order valence-corrected chi connectivity index (χ4v) is 1.25. The third-order valence-corrected chi connectivity index (χ3v) is 2.49. The molecule has 0 amide bonds. The normalized spacial score (nSPS) is 19.1. The average Bonchev–Trinajstić information content (AvgIpc) is 2.31. The quantitative estimate of drug-likeness (QED) is 0.411. The van der Waals surface area contributed by atoms with Crippen LogP contribution in [0, 0.1) is 0 Å². The van der Waals surface area contributed by atoms with Gasteiger partial charge in [0.1, 0.15) is 18.3 Å². The second-order valence-electron chi connectivity index (χ2n) is 3.95. The first-order valence-electron chi connectivity index (χ1n) is 5.84. The first-order chi connectivity index (χ1) is 7.54. The molecule has 4 atom stereocenters. The molecule has 98 valence electrons. The number of ether oxygens (including phenoxy) is 1. The molecule has 0 aliphatic rings. The summed E-state index contributed by atoms with van der Waals surface area (Å²) in [5.41, 5.74) is 0. The lowest BCUT2D eigenvalue weighted by molar-refractivity contribution is -0.121. The Hall–Kier alpha value is -0.200. The van der Waals surface area contributed by atoms with Crippen molar-refractivity contribution in [3.8, 4) is 0 Å². The monoisotopic (exact) mass is 236 g/mol. The van der Waals surface area contributed by atoms with Crippen LogP contribution in [0.4, 0.5) is 0 Å². The minimum absolute atomic E-state index is 0.0331. The molecule has 0 rings (SSSR count). The van der Waals surface area contributed by atoms with Crippen LogP contribution in [0.3, 0.4) is 0 Å². The fraction of sp³-hybridized carbons (Fsp3) is 1.00. The molecule has 0 fully saturated rings. The third kappa shape index (κ3) is 5.77. The molecule has 0 aromatic rings. The lowest BCUT2D eigenvalue weighted by atomic mass is 10.0. The molecule has 0 saturated heterocycles. The highest BCUT2D eigenvalue weighted by molar-refractivity contribution is 4.79. The van der Waals surface area contributed by atoms with Crippen molar-refractivity contribution in [2.24, 2.45) is 0 Å². The second-order valence-corrected chi connectivity index (χ2v) is 3.95. The largest absolute Gasteiger partial charge is 0.390 e. The van der Waals surface area contributed by atoms with Gasteiger partial charge in [0.05, 0.1) is 12.7 Å². The number of aliphatic hydroxyl groups is 4. The molecule has 5 nitrogen and oxygen atoms in total. The minimum Gasteiger partial charge on any atom is -0.390 e. The third-order valence-electron chi connectivity index (χ3n) is 2.49. The molecular weight excluding hydrogens is 212 g/mol. The van der Waals surface area contributed by atoms with Gasteiger partial charge < -0.3 is 25.2 Å². The van der Waals surface area contributed by atoms with Crippen molar-refractivity contribution in [2.75, 3.05) is 13.2 Å². The molecule has 0 heterocycles. The van der Waals surface area contributed by atoms with Crippen LogP contribution >= 0.6 is 0 Å². The van der Waals surface area contributed by atoms with Crippen molar-refractivity contribution in [1.82, 2.24) is 0 Å². The minimum atomic E-state index is -1.38. The zero-order valence-corrected chi connectivity index (χ0v) is 10.0. The van der Waals surface area contributed by atoms with Gasteiger partial charge in [-0.25, -0.2) is 0 Å². The summed E-state index contributed by atoms with van der Waals surface area (Å²) in [6, 6.07) is 0. The number of aliphatic hydroxyl groups excluding tert-OH is 4. The van der Waals surface area contributed by atoms with Gasteiger partial charge in [-0.1, -0.05) is 20.3 Å². The Morgan fingerprint density at radius 3 is 2.00 bits per heavy atom. The summed E-state index contributed by atoms with van der Waals surface area (Å²) in [7, 11) is 0. The van der Waals surface area contributed by atoms with E-state index in [0.29, 0.717) is 13.0 Å². The topological polar surface area (TPSA) is 90.2 Å². The van der Waals surface area contributed by atoms with Gasteiger partial charge in [0.15, 0.2) is 0 Å². The summed E-state index contributed by atoms with van der Waals surface area (Å²) in [6.07, 6.45) is -2.71. The maximum absolute atomic E-state index is 9.50. The molecule has 5 heteroatoms. The highest BCUT2D eigenvalue weighted by Crippen LogP contribution is 2.08. The zero-order valence-electron chi connectivity index (χ0n) is 10.0. The van der Waals surface area contributed by atoms with Crippen molar-refractivity contribution in [3.63, 3.8) is 0 Å². The number of hydrogen-bond donors (Lipinski definition) is 4. The molecule has 16 heavy (non-hydrogen) atoms. The molecule has 4 N–H and O–H groups in total. The number of hydrogen-bond acceptors (Lipinski definition) is 5. The molecule has 0 aromatic heterocycles. The van der Waals surface area contributed by atoms with Crippen molar-refractivity contribution >= 4 is 0 Å². The van der Waals surface area contributed by atoms with Gasteiger partial charge in [0.2, 0.25) is 0 Å². The van der Waals surface area contributed by atoms with Crippen molar-refractivity contribution in [3.05, 3.63) is 0 Å². The maximum Gasteiger partial charge on any atom is 0.110 e. The summed E-state index contributed by atoms with van der Waals surface area (Å²) >= 11 is 0. The van der Waals surface area contributed by atoms with E-state index >= 15 is 0 Å². The van der Waals surface area contributed by atoms with E-state index in [4.69, 9.17) is 4.74 Å². The van der Waals surface area contributed by atoms with Crippen LogP contribution in [0.5, 0.6) is 0 Å². The Morgan fingerprint density at radius 1 is 0.938 bits per heavy atom. The predicted molar refractivity (Wildman–Crippen MR) is 60.0 cm³/mol. The fourth-order valence-electron chi connectivity index (χ4n) is 1.25. The molecule has 0 aliphatic heterocycles. The van der Waals surface area contributed by atoms with Crippen LogP contribution in [0.1, 0.15) is 33.1 Å². The lowest BCUT2D eigenvalue weighted by Crippen LogP contribution is -2.46. The molecule has 4 unspecified atom stereocenters. The maximum atomic E-state index is 9.50. The summed E-state index contributed by atoms with van der Waals surface area (Å²) in [6.45, 7) is 4.20. The summed E-state index contributed by atoms with van der Waals surface area (Å²) in [4.78, 5) is 0. The predicted octanol–water partition coefficient (Wildman–Crippen LogP) is -0.343. The van der Waals surface area contributed by atoms with Gasteiger partial charge in [-0.2, -0.15) is 0 Å². The smallest absolute Gasteiger partial charge is 0.110 e. The molecule has 0 bridgehead atoms. The average molecular weight is 236 g/mol. The lowest BCUT2D eigenvalue weighted by Gasteiger charge is -2.25. The Morgan fingerprint density at radius 2 is 1.50 bits per heavy atom. The van der Waals surface area contributed by atoms with Crippen LogP contribution in [-0.2, 0) is 4.74 Å². The molecular formula is C11H24O5. The summed E-state index contributed by atoms with van der Waals surface area (Å²) in [5, 5.41) is 37.7. The summed E-state index contributed by atoms with van der Waals surface area (Å²) in [5.74, 6) is 0. The van der Waals surface area contributed by atoms with E-state index in [9.17, 15) is 20.4 Å². The second kappa shape index (κ2) is 8.90. The Labute approximate surface area is 96.7 Å². The number of unbranched alkanes of at least 4 members (excludes halogenated alkanes) is 1. The highest BCUT2D eigenvalue weighted by atomic mass is 16.5. The van der Waals surface area contributed by atoms with Crippen LogP contribution < -0.4 is 0 Å². The van der Waals surface area contributed by atoms with Crippen molar-refractivity contribution in [1.29, 1.82) is 0 Å². The van der Waals surface area contributed by atoms with Gasteiger partial charge in [0.25, 0.3) is 0 Å². The molecule has 0 aromatic carbocycles. The molecule has 0 spiro atoms. The van der Waals surface area contributed by atoms with Crippen LogP contribution in [0.2, 0.25) is 0 Å². The Bertz CT molecular complexity index is 164. The zero-order chi connectivity index (χ0) is 12.6. The number of rotatable bonds is 9.